The number of nitrogens with one attached hydrogen (secondary N) is 1. The average molecular weight is 224 g/mol. The summed E-state index contributed by atoms with van der Waals surface area (Å²) in [6.07, 6.45) is 0.386. The number of amides is 1. The number of carbonyl (C=O) groups excluding carboxylic acids is 2. The first-order valence-corrected chi connectivity index (χ1v) is 4.17. The van der Waals surface area contributed by atoms with Crippen molar-refractivity contribution in [2.75, 3.05) is 12.4 Å². The predicted molar refractivity (Wildman–Crippen MR) is 54.1 cm³/mol. The van der Waals surface area contributed by atoms with Crippen LogP contribution < -0.4 is 5.32 Å². The summed E-state index contributed by atoms with van der Waals surface area (Å²) in [6.45, 7) is 0. The number of nitrogens with zero attached hydrogens (tertiary/aromatic N) is 1. The fourth-order valence-electron chi connectivity index (χ4n) is 1.12. The highest BCUT2D eigenvalue weighted by atomic mass is 16.6. The molecule has 84 valence electrons. The molecule has 0 atom stereocenters. The zero-order valence-corrected chi connectivity index (χ0v) is 8.30. The van der Waals surface area contributed by atoms with E-state index >= 15 is 0 Å². The molecule has 1 aromatic rings. The topological polar surface area (TPSA) is 98.5 Å². The van der Waals surface area contributed by atoms with Crippen molar-refractivity contribution in [3.05, 3.63) is 33.9 Å². The first kappa shape index (κ1) is 11.6. The third-order valence-corrected chi connectivity index (χ3v) is 1.83. The van der Waals surface area contributed by atoms with E-state index in [1.807, 2.05) is 0 Å². The number of anilines is 1. The lowest BCUT2D eigenvalue weighted by Gasteiger charge is -2.03. The van der Waals surface area contributed by atoms with Gasteiger partial charge in [-0.05, 0) is 12.1 Å². The van der Waals surface area contributed by atoms with Crippen molar-refractivity contribution in [1.29, 1.82) is 0 Å². The molecule has 0 aliphatic heterocycles. The molecule has 7 nitrogen and oxygen atoms in total. The minimum absolute atomic E-state index is 0.163. The lowest BCUT2D eigenvalue weighted by molar-refractivity contribution is -0.385. The summed E-state index contributed by atoms with van der Waals surface area (Å²) < 4.78 is 4.39. The van der Waals surface area contributed by atoms with Crippen LogP contribution in [0.15, 0.2) is 18.2 Å². The van der Waals surface area contributed by atoms with E-state index in [9.17, 15) is 19.7 Å². The van der Waals surface area contributed by atoms with Crippen LogP contribution in [0.25, 0.3) is 0 Å². The Morgan fingerprint density at radius 2 is 2.25 bits per heavy atom. The fraction of sp³-hybridized carbons (Fsp3) is 0.111. The molecule has 0 spiro atoms. The van der Waals surface area contributed by atoms with Crippen molar-refractivity contribution in [3.63, 3.8) is 0 Å². The van der Waals surface area contributed by atoms with E-state index in [2.05, 4.69) is 10.1 Å². The maximum atomic E-state index is 11.2. The molecule has 7 heteroatoms. The molecular formula is C9H8N2O5. The van der Waals surface area contributed by atoms with Crippen molar-refractivity contribution in [2.45, 2.75) is 0 Å². The zero-order chi connectivity index (χ0) is 12.1. The minimum Gasteiger partial charge on any atom is -0.465 e. The quantitative estimate of drug-likeness (QED) is 0.355. The van der Waals surface area contributed by atoms with Gasteiger partial charge in [-0.1, -0.05) is 0 Å². The normalized spacial score (nSPS) is 9.31. The van der Waals surface area contributed by atoms with Crippen molar-refractivity contribution in [1.82, 2.24) is 0 Å². The molecule has 0 aromatic heterocycles. The van der Waals surface area contributed by atoms with Gasteiger partial charge in [0.2, 0.25) is 6.41 Å². The summed E-state index contributed by atoms with van der Waals surface area (Å²) in [5.74, 6) is -0.802. The van der Waals surface area contributed by atoms with Gasteiger partial charge in [-0.15, -0.1) is 0 Å². The van der Waals surface area contributed by atoms with E-state index in [0.717, 1.165) is 13.2 Å². The molecule has 1 aromatic carbocycles. The summed E-state index contributed by atoms with van der Waals surface area (Å²) in [5, 5.41) is 12.9. The number of carbonyl (C=O) groups is 2. The van der Waals surface area contributed by atoms with E-state index in [-0.39, 0.29) is 11.3 Å². The Labute approximate surface area is 90.2 Å². The third kappa shape index (κ3) is 2.32. The highest BCUT2D eigenvalue weighted by Gasteiger charge is 2.21. The Kier molecular flexibility index (Phi) is 3.54. The maximum Gasteiger partial charge on any atom is 0.344 e. The van der Waals surface area contributed by atoms with Gasteiger partial charge in [0.1, 0.15) is 5.56 Å². The molecule has 0 unspecified atom stereocenters. The Bertz CT molecular complexity index is 444. The van der Waals surface area contributed by atoms with E-state index < -0.39 is 16.6 Å². The van der Waals surface area contributed by atoms with Gasteiger partial charge in [0.25, 0.3) is 5.69 Å². The van der Waals surface area contributed by atoms with E-state index in [1.165, 1.54) is 12.1 Å². The van der Waals surface area contributed by atoms with Crippen LogP contribution in [-0.2, 0) is 9.53 Å². The maximum absolute atomic E-state index is 11.2. The van der Waals surface area contributed by atoms with Crippen LogP contribution in [0, 0.1) is 10.1 Å². The molecule has 0 fully saturated rings. The van der Waals surface area contributed by atoms with E-state index in [1.54, 1.807) is 0 Å². The SMILES string of the molecule is COC(=O)c1ccc(NC=O)cc1[N+](=O)[O-]. The second-order valence-electron chi connectivity index (χ2n) is 2.74. The second-order valence-corrected chi connectivity index (χ2v) is 2.74. The Hall–Kier alpha value is -2.44. The summed E-state index contributed by atoms with van der Waals surface area (Å²) in [6, 6.07) is 3.67. The number of hydrogen-bond donors (Lipinski definition) is 1. The van der Waals surface area contributed by atoms with Crippen molar-refractivity contribution < 1.29 is 19.2 Å². The van der Waals surface area contributed by atoms with Gasteiger partial charge in [0.05, 0.1) is 12.0 Å². The minimum atomic E-state index is -0.802. The van der Waals surface area contributed by atoms with Crippen LogP contribution >= 0.6 is 0 Å². The number of ether oxygens (including phenoxy) is 1. The number of hydrogen-bond acceptors (Lipinski definition) is 5. The summed E-state index contributed by atoms with van der Waals surface area (Å²) >= 11 is 0. The number of rotatable bonds is 4. The Morgan fingerprint density at radius 3 is 2.75 bits per heavy atom. The molecule has 0 bridgehead atoms. The fourth-order valence-corrected chi connectivity index (χ4v) is 1.12. The summed E-state index contributed by atoms with van der Waals surface area (Å²) in [7, 11) is 1.13. The lowest BCUT2D eigenvalue weighted by atomic mass is 10.1. The highest BCUT2D eigenvalue weighted by molar-refractivity contribution is 5.95. The molecule has 1 amide bonds. The van der Waals surface area contributed by atoms with Crippen LogP contribution in [0.2, 0.25) is 0 Å². The molecule has 0 heterocycles. The van der Waals surface area contributed by atoms with E-state index in [4.69, 9.17) is 0 Å². The highest BCUT2D eigenvalue weighted by Crippen LogP contribution is 2.23. The van der Waals surface area contributed by atoms with E-state index in [0.29, 0.717) is 6.41 Å². The molecule has 0 aliphatic rings. The van der Waals surface area contributed by atoms with Gasteiger partial charge in [-0.3, -0.25) is 14.9 Å². The smallest absolute Gasteiger partial charge is 0.344 e. The van der Waals surface area contributed by atoms with Crippen LogP contribution in [0.1, 0.15) is 10.4 Å². The van der Waals surface area contributed by atoms with Crippen LogP contribution in [-0.4, -0.2) is 24.4 Å². The predicted octanol–water partition coefficient (Wildman–Crippen LogP) is 0.950. The molecule has 1 N–H and O–H groups in total. The number of nitro benzene ring substituents is 1. The number of benzene rings is 1. The van der Waals surface area contributed by atoms with Crippen molar-refractivity contribution >= 4 is 23.8 Å². The Balaban J connectivity index is 3.24. The van der Waals surface area contributed by atoms with Crippen LogP contribution in [0.5, 0.6) is 0 Å². The lowest BCUT2D eigenvalue weighted by Crippen LogP contribution is -2.06. The zero-order valence-electron chi connectivity index (χ0n) is 8.30. The van der Waals surface area contributed by atoms with Gasteiger partial charge in [-0.2, -0.15) is 0 Å². The van der Waals surface area contributed by atoms with Crippen LogP contribution in [0.3, 0.4) is 0 Å². The molecule has 0 aliphatic carbocycles. The number of esters is 1. The van der Waals surface area contributed by atoms with Gasteiger partial charge < -0.3 is 10.1 Å². The van der Waals surface area contributed by atoms with Crippen molar-refractivity contribution in [3.8, 4) is 0 Å². The third-order valence-electron chi connectivity index (χ3n) is 1.83. The largest absolute Gasteiger partial charge is 0.465 e. The van der Waals surface area contributed by atoms with Gasteiger partial charge in [0.15, 0.2) is 0 Å². The summed E-state index contributed by atoms with van der Waals surface area (Å²) in [5.41, 5.74) is -0.350. The first-order valence-electron chi connectivity index (χ1n) is 4.17. The van der Waals surface area contributed by atoms with Crippen molar-refractivity contribution in [2.24, 2.45) is 0 Å². The number of nitro groups is 1. The molecule has 0 radical (unpaired) electrons. The second kappa shape index (κ2) is 4.87. The number of methoxy groups -OCH3 is 1. The van der Waals surface area contributed by atoms with Crippen LogP contribution in [0.4, 0.5) is 11.4 Å². The molecular weight excluding hydrogens is 216 g/mol. The van der Waals surface area contributed by atoms with Gasteiger partial charge in [-0.25, -0.2) is 4.79 Å². The standard InChI is InChI=1S/C9H8N2O5/c1-16-9(13)7-3-2-6(10-5-12)4-8(7)11(14)15/h2-5H,1H3,(H,10,12). The molecule has 0 saturated carbocycles. The van der Waals surface area contributed by atoms with Gasteiger partial charge in [0, 0.05) is 11.8 Å². The Morgan fingerprint density at radius 1 is 1.56 bits per heavy atom. The molecule has 0 saturated heterocycles. The first-order chi connectivity index (χ1) is 7.60. The monoisotopic (exact) mass is 224 g/mol. The van der Waals surface area contributed by atoms with Gasteiger partial charge >= 0.3 is 5.97 Å². The summed E-state index contributed by atoms with van der Waals surface area (Å²) in [4.78, 5) is 31.3. The molecule has 1 rings (SSSR count). The molecule has 16 heavy (non-hydrogen) atoms. The average Bonchev–Trinajstić information content (AvgIpc) is 2.28.